The Morgan fingerprint density at radius 1 is 0.952 bits per heavy atom. The maximum absolute atomic E-state index is 14.9. The normalized spacial score (nSPS) is 11.8. The zero-order valence-corrected chi connectivity index (χ0v) is 25.2. The van der Waals surface area contributed by atoms with Crippen LogP contribution in [0.5, 0.6) is 11.5 Å². The first kappa shape index (κ1) is 32.4. The summed E-state index contributed by atoms with van der Waals surface area (Å²) in [5, 5.41) is 2.89. The summed E-state index contributed by atoms with van der Waals surface area (Å²) in [7, 11) is -1.11. The smallest absolute Gasteiger partial charge is 0.244 e. The van der Waals surface area contributed by atoms with Crippen LogP contribution in [0.3, 0.4) is 0 Å². The summed E-state index contributed by atoms with van der Waals surface area (Å²) < 4.78 is 52.3. The molecule has 3 aromatic carbocycles. The first-order chi connectivity index (χ1) is 20.1. The van der Waals surface area contributed by atoms with Crippen LogP contribution in [0.2, 0.25) is 0 Å². The second-order valence-electron chi connectivity index (χ2n) is 9.77. The van der Waals surface area contributed by atoms with Crippen LogP contribution in [-0.4, -0.2) is 64.7 Å². The lowest BCUT2D eigenvalue weighted by molar-refractivity contribution is -0.140. The number of sulfonamides is 1. The third kappa shape index (κ3) is 8.69. The number of benzene rings is 3. The first-order valence-corrected chi connectivity index (χ1v) is 15.5. The number of rotatable bonds is 15. The Kier molecular flexibility index (Phi) is 11.7. The number of anilines is 1. The molecule has 11 heteroatoms. The van der Waals surface area contributed by atoms with Gasteiger partial charge in [0, 0.05) is 31.1 Å². The van der Waals surface area contributed by atoms with Gasteiger partial charge in [0.05, 0.1) is 26.2 Å². The van der Waals surface area contributed by atoms with E-state index in [2.05, 4.69) is 5.32 Å². The predicted molar refractivity (Wildman–Crippen MR) is 161 cm³/mol. The molecule has 3 rings (SSSR count). The topological polar surface area (TPSA) is 105 Å². The molecule has 0 heterocycles. The van der Waals surface area contributed by atoms with Crippen LogP contribution in [-0.2, 0) is 32.6 Å². The van der Waals surface area contributed by atoms with Crippen LogP contribution in [0.15, 0.2) is 72.8 Å². The zero-order chi connectivity index (χ0) is 30.7. The van der Waals surface area contributed by atoms with Gasteiger partial charge in [0.25, 0.3) is 0 Å². The van der Waals surface area contributed by atoms with Crippen molar-refractivity contribution < 1.29 is 31.9 Å². The third-order valence-corrected chi connectivity index (χ3v) is 7.87. The fraction of sp³-hybridized carbons (Fsp3) is 0.355. The standard InChI is InChI=1S/C31H38FN3O6S/c1-5-6-18-33-31(37)27(19-23-12-8-7-9-13-23)34(21-24-14-10-11-15-26(24)32)30(36)22-35(42(4,38)39)25-16-17-28(40-2)29(20-25)41-3/h7-17,20,27H,5-6,18-19,21-22H2,1-4H3,(H,33,37)/t27-/m0/s1. The van der Waals surface area contributed by atoms with E-state index in [1.165, 1.54) is 55.5 Å². The highest BCUT2D eigenvalue weighted by molar-refractivity contribution is 7.92. The average Bonchev–Trinajstić information content (AvgIpc) is 2.98. The molecule has 226 valence electrons. The van der Waals surface area contributed by atoms with Gasteiger partial charge in [-0.2, -0.15) is 0 Å². The summed E-state index contributed by atoms with van der Waals surface area (Å²) in [5.41, 5.74) is 1.16. The Balaban J connectivity index is 2.07. The van der Waals surface area contributed by atoms with E-state index in [0.29, 0.717) is 12.3 Å². The van der Waals surface area contributed by atoms with Gasteiger partial charge in [-0.25, -0.2) is 12.8 Å². The molecule has 0 unspecified atom stereocenters. The van der Waals surface area contributed by atoms with E-state index in [1.54, 1.807) is 6.07 Å². The van der Waals surface area contributed by atoms with E-state index < -0.39 is 40.2 Å². The van der Waals surface area contributed by atoms with Gasteiger partial charge in [-0.05, 0) is 30.2 Å². The van der Waals surface area contributed by atoms with Crippen molar-refractivity contribution in [2.45, 2.75) is 38.8 Å². The fourth-order valence-corrected chi connectivity index (χ4v) is 5.31. The molecule has 0 aliphatic carbocycles. The van der Waals surface area contributed by atoms with E-state index in [1.807, 2.05) is 37.3 Å². The van der Waals surface area contributed by atoms with Gasteiger partial charge in [-0.15, -0.1) is 0 Å². The number of hydrogen-bond acceptors (Lipinski definition) is 6. The Bertz CT molecular complexity index is 1450. The van der Waals surface area contributed by atoms with Gasteiger partial charge in [0.2, 0.25) is 21.8 Å². The quantitative estimate of drug-likeness (QED) is 0.263. The van der Waals surface area contributed by atoms with Gasteiger partial charge >= 0.3 is 0 Å². The molecule has 42 heavy (non-hydrogen) atoms. The van der Waals surface area contributed by atoms with Crippen LogP contribution >= 0.6 is 0 Å². The number of halogens is 1. The monoisotopic (exact) mass is 599 g/mol. The Hall–Kier alpha value is -4.12. The van der Waals surface area contributed by atoms with Crippen molar-refractivity contribution in [2.75, 3.05) is 37.9 Å². The van der Waals surface area contributed by atoms with Gasteiger partial charge in [-0.3, -0.25) is 13.9 Å². The van der Waals surface area contributed by atoms with Crippen LogP contribution in [0, 0.1) is 5.82 Å². The first-order valence-electron chi connectivity index (χ1n) is 13.6. The summed E-state index contributed by atoms with van der Waals surface area (Å²) in [4.78, 5) is 28.9. The van der Waals surface area contributed by atoms with Gasteiger partial charge in [0.15, 0.2) is 11.5 Å². The number of hydrogen-bond donors (Lipinski definition) is 1. The Morgan fingerprint density at radius 3 is 2.24 bits per heavy atom. The maximum atomic E-state index is 14.9. The van der Waals surface area contributed by atoms with Crippen LogP contribution in [0.25, 0.3) is 0 Å². The second-order valence-corrected chi connectivity index (χ2v) is 11.7. The summed E-state index contributed by atoms with van der Waals surface area (Å²) in [6.45, 7) is 1.53. The number of unbranched alkanes of at least 4 members (excludes halogenated alkanes) is 1. The van der Waals surface area contributed by atoms with E-state index >= 15 is 0 Å². The summed E-state index contributed by atoms with van der Waals surface area (Å²) >= 11 is 0. The highest BCUT2D eigenvalue weighted by Crippen LogP contribution is 2.32. The van der Waals surface area contributed by atoms with Crippen molar-refractivity contribution in [2.24, 2.45) is 0 Å². The molecule has 0 aliphatic heterocycles. The highest BCUT2D eigenvalue weighted by Gasteiger charge is 2.33. The van der Waals surface area contributed by atoms with Crippen LogP contribution < -0.4 is 19.1 Å². The molecule has 0 radical (unpaired) electrons. The Morgan fingerprint density at radius 2 is 1.62 bits per heavy atom. The molecular weight excluding hydrogens is 561 g/mol. The van der Waals surface area contributed by atoms with Crippen molar-refractivity contribution in [3.8, 4) is 11.5 Å². The van der Waals surface area contributed by atoms with Gasteiger partial charge in [0.1, 0.15) is 18.4 Å². The summed E-state index contributed by atoms with van der Waals surface area (Å²) in [6, 6.07) is 18.6. The number of carbonyl (C=O) groups is 2. The van der Waals surface area contributed by atoms with Gasteiger partial charge < -0.3 is 19.7 Å². The molecule has 0 aliphatic rings. The molecule has 0 spiro atoms. The molecule has 0 fully saturated rings. The molecule has 2 amide bonds. The molecule has 0 saturated carbocycles. The van der Waals surface area contributed by atoms with Crippen molar-refractivity contribution in [1.82, 2.24) is 10.2 Å². The molecule has 0 bridgehead atoms. The lowest BCUT2D eigenvalue weighted by Gasteiger charge is -2.33. The summed E-state index contributed by atoms with van der Waals surface area (Å²) in [5.74, 6) is -0.968. The van der Waals surface area contributed by atoms with Crippen LogP contribution in [0.1, 0.15) is 30.9 Å². The number of carbonyl (C=O) groups excluding carboxylic acids is 2. The van der Waals surface area contributed by atoms with Crippen molar-refractivity contribution in [1.29, 1.82) is 0 Å². The van der Waals surface area contributed by atoms with Crippen molar-refractivity contribution in [3.63, 3.8) is 0 Å². The molecule has 1 atom stereocenters. The van der Waals surface area contributed by atoms with Crippen molar-refractivity contribution in [3.05, 3.63) is 89.7 Å². The van der Waals surface area contributed by atoms with Crippen molar-refractivity contribution >= 4 is 27.5 Å². The molecular formula is C31H38FN3O6S. The minimum absolute atomic E-state index is 0.147. The molecule has 1 N–H and O–H groups in total. The predicted octanol–water partition coefficient (Wildman–Crippen LogP) is 4.17. The van der Waals surface area contributed by atoms with Gasteiger partial charge in [-0.1, -0.05) is 61.9 Å². The molecule has 0 aromatic heterocycles. The fourth-order valence-electron chi connectivity index (χ4n) is 4.46. The van der Waals surface area contributed by atoms with E-state index in [0.717, 1.165) is 29.0 Å². The number of ether oxygens (including phenoxy) is 2. The third-order valence-electron chi connectivity index (χ3n) is 6.73. The number of methoxy groups -OCH3 is 2. The molecule has 9 nitrogen and oxygen atoms in total. The lowest BCUT2D eigenvalue weighted by Crippen LogP contribution is -2.53. The minimum Gasteiger partial charge on any atom is -0.493 e. The average molecular weight is 600 g/mol. The van der Waals surface area contributed by atoms with E-state index in [4.69, 9.17) is 9.47 Å². The maximum Gasteiger partial charge on any atom is 0.244 e. The molecule has 0 saturated heterocycles. The van der Waals surface area contributed by atoms with E-state index in [9.17, 15) is 22.4 Å². The number of nitrogens with zero attached hydrogens (tertiary/aromatic N) is 2. The number of amides is 2. The molecule has 3 aromatic rings. The van der Waals surface area contributed by atoms with E-state index in [-0.39, 0.29) is 30.0 Å². The second kappa shape index (κ2) is 15.2. The Labute approximate surface area is 247 Å². The largest absolute Gasteiger partial charge is 0.493 e. The SMILES string of the molecule is CCCCNC(=O)[C@H](Cc1ccccc1)N(Cc1ccccc1F)C(=O)CN(c1ccc(OC)c(OC)c1)S(C)(=O)=O. The zero-order valence-electron chi connectivity index (χ0n) is 24.4. The van der Waals surface area contributed by atoms with Crippen LogP contribution in [0.4, 0.5) is 10.1 Å². The number of nitrogens with one attached hydrogen (secondary N) is 1. The minimum atomic E-state index is -3.98. The highest BCUT2D eigenvalue weighted by atomic mass is 32.2. The summed E-state index contributed by atoms with van der Waals surface area (Å²) in [6.07, 6.45) is 2.73. The lowest BCUT2D eigenvalue weighted by atomic mass is 10.0.